The minimum atomic E-state index is -0.867. The Bertz CT molecular complexity index is 673. The van der Waals surface area contributed by atoms with Crippen LogP contribution in [-0.2, 0) is 11.3 Å². The highest BCUT2D eigenvalue weighted by atomic mass is 35.5. The molecule has 0 spiro atoms. The molecule has 1 N–H and O–H groups in total. The highest BCUT2D eigenvalue weighted by Crippen LogP contribution is 2.30. The standard InChI is InChI=1S/C13H16ClN3O2S2/c1-13(2,20-3)7-17-11-9(4-8(14)5-15-11)16-12(17)21-6-10(18)19/h4-5H,6-7H2,1-3H3,(H,18,19). The van der Waals surface area contributed by atoms with E-state index in [1.165, 1.54) is 11.8 Å². The van der Waals surface area contributed by atoms with Crippen LogP contribution < -0.4 is 0 Å². The Labute approximate surface area is 136 Å². The van der Waals surface area contributed by atoms with Gasteiger partial charge in [0.05, 0.1) is 10.8 Å². The van der Waals surface area contributed by atoms with Crippen LogP contribution >= 0.6 is 35.1 Å². The molecule has 8 heteroatoms. The number of pyridine rings is 1. The second-order valence-electron chi connectivity index (χ2n) is 5.12. The zero-order chi connectivity index (χ0) is 15.6. The number of carboxylic acid groups (broad SMARTS) is 1. The van der Waals surface area contributed by atoms with Crippen molar-refractivity contribution in [3.05, 3.63) is 17.3 Å². The molecule has 5 nitrogen and oxygen atoms in total. The fraction of sp³-hybridized carbons (Fsp3) is 0.462. The van der Waals surface area contributed by atoms with Crippen molar-refractivity contribution < 1.29 is 9.90 Å². The van der Waals surface area contributed by atoms with Crippen LogP contribution in [0.2, 0.25) is 5.02 Å². The van der Waals surface area contributed by atoms with Gasteiger partial charge in [0, 0.05) is 17.5 Å². The fourth-order valence-electron chi connectivity index (χ4n) is 1.79. The lowest BCUT2D eigenvalue weighted by Gasteiger charge is -2.23. The molecule has 0 radical (unpaired) electrons. The normalized spacial score (nSPS) is 12.0. The number of thioether (sulfide) groups is 2. The quantitative estimate of drug-likeness (QED) is 0.809. The first kappa shape index (κ1) is 16.5. The van der Waals surface area contributed by atoms with Crippen molar-refractivity contribution in [2.45, 2.75) is 30.3 Å². The number of fused-ring (bicyclic) bond motifs is 1. The summed E-state index contributed by atoms with van der Waals surface area (Å²) >= 11 is 8.89. The predicted octanol–water partition coefficient (Wildman–Crippen LogP) is 3.40. The number of rotatable bonds is 6. The Kier molecular flexibility index (Phi) is 5.06. The fourth-order valence-corrected chi connectivity index (χ4v) is 2.92. The van der Waals surface area contributed by atoms with Crippen LogP contribution in [0.15, 0.2) is 17.4 Å². The van der Waals surface area contributed by atoms with Gasteiger partial charge in [0.15, 0.2) is 10.8 Å². The van der Waals surface area contributed by atoms with Crippen LogP contribution in [0.1, 0.15) is 13.8 Å². The van der Waals surface area contributed by atoms with Crippen molar-refractivity contribution in [3.8, 4) is 0 Å². The molecule has 114 valence electrons. The number of hydrogen-bond acceptors (Lipinski definition) is 5. The van der Waals surface area contributed by atoms with Gasteiger partial charge in [0.25, 0.3) is 0 Å². The summed E-state index contributed by atoms with van der Waals surface area (Å²) in [5, 5.41) is 10.0. The molecule has 0 fully saturated rings. The largest absolute Gasteiger partial charge is 0.481 e. The second kappa shape index (κ2) is 6.46. The molecule has 0 aliphatic heterocycles. The summed E-state index contributed by atoms with van der Waals surface area (Å²) in [5.41, 5.74) is 1.42. The number of carbonyl (C=O) groups is 1. The van der Waals surface area contributed by atoms with Crippen LogP contribution in [0, 0.1) is 0 Å². The molecule has 2 rings (SSSR count). The number of aliphatic carboxylic acids is 1. The summed E-state index contributed by atoms with van der Waals surface area (Å²) in [4.78, 5) is 19.6. The van der Waals surface area contributed by atoms with E-state index in [1.54, 1.807) is 24.0 Å². The minimum Gasteiger partial charge on any atom is -0.481 e. The van der Waals surface area contributed by atoms with Crippen molar-refractivity contribution >= 4 is 52.3 Å². The molecule has 0 aromatic carbocycles. The van der Waals surface area contributed by atoms with Crippen molar-refractivity contribution in [2.75, 3.05) is 12.0 Å². The van der Waals surface area contributed by atoms with Gasteiger partial charge in [-0.3, -0.25) is 4.79 Å². The molecule has 0 unspecified atom stereocenters. The Morgan fingerprint density at radius 2 is 2.24 bits per heavy atom. The molecule has 0 aliphatic rings. The molecule has 0 bridgehead atoms. The molecule has 2 heterocycles. The van der Waals surface area contributed by atoms with Crippen LogP contribution in [0.4, 0.5) is 0 Å². The van der Waals surface area contributed by atoms with Gasteiger partial charge >= 0.3 is 5.97 Å². The lowest BCUT2D eigenvalue weighted by atomic mass is 10.2. The predicted molar refractivity (Wildman–Crippen MR) is 88.5 cm³/mol. The van der Waals surface area contributed by atoms with E-state index in [4.69, 9.17) is 16.7 Å². The zero-order valence-corrected chi connectivity index (χ0v) is 14.3. The summed E-state index contributed by atoms with van der Waals surface area (Å²) in [7, 11) is 0. The molecule has 0 saturated carbocycles. The van der Waals surface area contributed by atoms with E-state index in [9.17, 15) is 4.79 Å². The topological polar surface area (TPSA) is 68.0 Å². The highest BCUT2D eigenvalue weighted by molar-refractivity contribution is 8.00. The van der Waals surface area contributed by atoms with Crippen LogP contribution in [-0.4, -0.2) is 42.4 Å². The maximum atomic E-state index is 10.8. The monoisotopic (exact) mass is 345 g/mol. The number of aromatic nitrogens is 3. The van der Waals surface area contributed by atoms with E-state index in [1.807, 2.05) is 10.8 Å². The van der Waals surface area contributed by atoms with Gasteiger partial charge in [-0.05, 0) is 26.2 Å². The summed E-state index contributed by atoms with van der Waals surface area (Å²) in [6.45, 7) is 4.96. The van der Waals surface area contributed by atoms with Crippen LogP contribution in [0.3, 0.4) is 0 Å². The number of hydrogen-bond donors (Lipinski definition) is 1. The first-order chi connectivity index (χ1) is 9.82. The van der Waals surface area contributed by atoms with Gasteiger partial charge in [-0.15, -0.1) is 0 Å². The van der Waals surface area contributed by atoms with Gasteiger partial charge < -0.3 is 9.67 Å². The average molecular weight is 346 g/mol. The van der Waals surface area contributed by atoms with Gasteiger partial charge in [0.2, 0.25) is 0 Å². The number of nitrogens with zero attached hydrogens (tertiary/aromatic N) is 3. The molecule has 0 amide bonds. The molecule has 0 saturated heterocycles. The lowest BCUT2D eigenvalue weighted by Crippen LogP contribution is -2.23. The van der Waals surface area contributed by atoms with Gasteiger partial charge in [-0.1, -0.05) is 23.4 Å². The highest BCUT2D eigenvalue weighted by Gasteiger charge is 2.22. The van der Waals surface area contributed by atoms with Crippen molar-refractivity contribution in [2.24, 2.45) is 0 Å². The van der Waals surface area contributed by atoms with Crippen molar-refractivity contribution in [3.63, 3.8) is 0 Å². The molecular weight excluding hydrogens is 330 g/mol. The van der Waals surface area contributed by atoms with E-state index < -0.39 is 5.97 Å². The van der Waals surface area contributed by atoms with E-state index in [0.29, 0.717) is 22.2 Å². The number of carboxylic acids is 1. The van der Waals surface area contributed by atoms with E-state index >= 15 is 0 Å². The second-order valence-corrected chi connectivity index (χ2v) is 8.02. The molecular formula is C13H16ClN3O2S2. The zero-order valence-electron chi connectivity index (χ0n) is 12.0. The molecule has 0 atom stereocenters. The average Bonchev–Trinajstić information content (AvgIpc) is 2.73. The Morgan fingerprint density at radius 3 is 2.86 bits per heavy atom. The number of imidazole rings is 1. The van der Waals surface area contributed by atoms with Crippen LogP contribution in [0.25, 0.3) is 11.2 Å². The summed E-state index contributed by atoms with van der Waals surface area (Å²) in [5.74, 6) is -0.898. The third-order valence-electron chi connectivity index (χ3n) is 2.93. The molecule has 2 aromatic heterocycles. The first-order valence-electron chi connectivity index (χ1n) is 6.24. The van der Waals surface area contributed by atoms with E-state index in [2.05, 4.69) is 23.8 Å². The summed E-state index contributed by atoms with van der Waals surface area (Å²) in [6, 6.07) is 1.75. The Hall–Kier alpha value is -0.920. The number of halogens is 1. The molecule has 21 heavy (non-hydrogen) atoms. The summed E-state index contributed by atoms with van der Waals surface area (Å²) in [6.07, 6.45) is 3.63. The van der Waals surface area contributed by atoms with Crippen molar-refractivity contribution in [1.82, 2.24) is 14.5 Å². The molecule has 0 aliphatic carbocycles. The third-order valence-corrected chi connectivity index (χ3v) is 5.33. The smallest absolute Gasteiger partial charge is 0.313 e. The first-order valence-corrected chi connectivity index (χ1v) is 8.83. The molecule has 2 aromatic rings. The van der Waals surface area contributed by atoms with Gasteiger partial charge in [-0.25, -0.2) is 9.97 Å². The van der Waals surface area contributed by atoms with E-state index in [-0.39, 0.29) is 10.5 Å². The Morgan fingerprint density at radius 1 is 1.52 bits per heavy atom. The Balaban J connectivity index is 2.46. The third kappa shape index (κ3) is 4.05. The van der Waals surface area contributed by atoms with Crippen LogP contribution in [0.5, 0.6) is 0 Å². The minimum absolute atomic E-state index is 0.00647. The lowest BCUT2D eigenvalue weighted by molar-refractivity contribution is -0.133. The van der Waals surface area contributed by atoms with Gasteiger partial charge in [0.1, 0.15) is 5.52 Å². The maximum Gasteiger partial charge on any atom is 0.313 e. The SMILES string of the molecule is CSC(C)(C)Cn1c(SCC(=O)O)nc2cc(Cl)cnc21. The van der Waals surface area contributed by atoms with E-state index in [0.717, 1.165) is 5.65 Å². The summed E-state index contributed by atoms with van der Waals surface area (Å²) < 4.78 is 1.96. The maximum absolute atomic E-state index is 10.8. The van der Waals surface area contributed by atoms with Gasteiger partial charge in [-0.2, -0.15) is 11.8 Å². The van der Waals surface area contributed by atoms with Crippen molar-refractivity contribution in [1.29, 1.82) is 0 Å².